The van der Waals surface area contributed by atoms with Crippen LogP contribution in [0.2, 0.25) is 0 Å². The molecule has 1 unspecified atom stereocenters. The van der Waals surface area contributed by atoms with Gasteiger partial charge in [0.25, 0.3) is 0 Å². The first kappa shape index (κ1) is 17.9. The highest BCUT2D eigenvalue weighted by atomic mass is 16.5. The van der Waals surface area contributed by atoms with E-state index in [1.807, 2.05) is 0 Å². The maximum atomic E-state index is 6.17. The van der Waals surface area contributed by atoms with Crippen LogP contribution in [0.15, 0.2) is 0 Å². The molecule has 0 saturated heterocycles. The number of nitrogens with two attached hydrogens (primary N) is 1. The predicted octanol–water partition coefficient (Wildman–Crippen LogP) is 1.26. The summed E-state index contributed by atoms with van der Waals surface area (Å²) >= 11 is 0. The Hall–Kier alpha value is -0.200. The Morgan fingerprint density at radius 2 is 1.85 bits per heavy atom. The number of nitrogens with zero attached hydrogens (tertiary/aromatic N) is 1. The standard InChI is InChI=1S/C15H32N2O3/c1-13(11-19-3)17(9-10-18-2)15(12-16)7-5-14(20-4)6-8-15/h13-14H,5-12,16H2,1-4H3. The molecule has 0 spiro atoms. The average molecular weight is 288 g/mol. The minimum Gasteiger partial charge on any atom is -0.383 e. The summed E-state index contributed by atoms with van der Waals surface area (Å²) in [4.78, 5) is 2.49. The highest BCUT2D eigenvalue weighted by Gasteiger charge is 2.41. The summed E-state index contributed by atoms with van der Waals surface area (Å²) in [6, 6.07) is 0.345. The van der Waals surface area contributed by atoms with Crippen molar-refractivity contribution in [1.29, 1.82) is 0 Å². The van der Waals surface area contributed by atoms with E-state index in [-0.39, 0.29) is 5.54 Å². The molecule has 1 aliphatic carbocycles. The molecular formula is C15H32N2O3. The van der Waals surface area contributed by atoms with E-state index in [2.05, 4.69) is 11.8 Å². The Balaban J connectivity index is 2.78. The molecule has 0 aromatic rings. The van der Waals surface area contributed by atoms with Crippen LogP contribution in [0.25, 0.3) is 0 Å². The van der Waals surface area contributed by atoms with E-state index in [1.165, 1.54) is 0 Å². The molecule has 0 heterocycles. The summed E-state index contributed by atoms with van der Waals surface area (Å²) in [6.45, 7) is 5.23. The molecule has 0 bridgehead atoms. The highest BCUT2D eigenvalue weighted by molar-refractivity contribution is 4.98. The van der Waals surface area contributed by atoms with Crippen LogP contribution in [0.4, 0.5) is 0 Å². The van der Waals surface area contributed by atoms with Crippen molar-refractivity contribution in [3.8, 4) is 0 Å². The molecule has 1 fully saturated rings. The zero-order chi connectivity index (χ0) is 15.0. The van der Waals surface area contributed by atoms with Crippen molar-refractivity contribution in [3.63, 3.8) is 0 Å². The van der Waals surface area contributed by atoms with Crippen molar-refractivity contribution in [3.05, 3.63) is 0 Å². The third-order valence-electron chi connectivity index (χ3n) is 4.66. The van der Waals surface area contributed by atoms with E-state index in [0.29, 0.717) is 18.7 Å². The molecule has 120 valence electrons. The molecule has 0 aliphatic heterocycles. The SMILES string of the molecule is COCCN(C(C)COC)C1(CN)CCC(OC)CC1. The predicted molar refractivity (Wildman–Crippen MR) is 81.0 cm³/mol. The Morgan fingerprint density at radius 3 is 2.30 bits per heavy atom. The van der Waals surface area contributed by atoms with Gasteiger partial charge in [-0.25, -0.2) is 0 Å². The Bertz CT molecular complexity index is 256. The van der Waals surface area contributed by atoms with Crippen molar-refractivity contribution in [2.75, 3.05) is 47.6 Å². The molecule has 1 aliphatic rings. The zero-order valence-electron chi connectivity index (χ0n) is 13.6. The Kier molecular flexibility index (Phi) is 7.99. The lowest BCUT2D eigenvalue weighted by Gasteiger charge is -2.49. The quantitative estimate of drug-likeness (QED) is 0.692. The van der Waals surface area contributed by atoms with Gasteiger partial charge in [-0.05, 0) is 32.6 Å². The van der Waals surface area contributed by atoms with Crippen LogP contribution in [0.5, 0.6) is 0 Å². The van der Waals surface area contributed by atoms with E-state index in [0.717, 1.165) is 45.4 Å². The van der Waals surface area contributed by atoms with E-state index in [9.17, 15) is 0 Å². The van der Waals surface area contributed by atoms with Crippen LogP contribution in [0.3, 0.4) is 0 Å². The minimum atomic E-state index is 0.0610. The number of methoxy groups -OCH3 is 3. The van der Waals surface area contributed by atoms with Gasteiger partial charge in [0.05, 0.1) is 19.3 Å². The molecule has 0 aromatic carbocycles. The third-order valence-corrected chi connectivity index (χ3v) is 4.66. The van der Waals surface area contributed by atoms with Crippen LogP contribution in [0, 0.1) is 0 Å². The van der Waals surface area contributed by atoms with E-state index >= 15 is 0 Å². The van der Waals surface area contributed by atoms with Gasteiger partial charge in [-0.2, -0.15) is 0 Å². The van der Waals surface area contributed by atoms with Gasteiger partial charge in [0.1, 0.15) is 0 Å². The first-order valence-corrected chi connectivity index (χ1v) is 7.61. The van der Waals surface area contributed by atoms with Gasteiger partial charge < -0.3 is 19.9 Å². The van der Waals surface area contributed by atoms with E-state index in [4.69, 9.17) is 19.9 Å². The summed E-state index contributed by atoms with van der Waals surface area (Å²) in [5, 5.41) is 0. The fourth-order valence-corrected chi connectivity index (χ4v) is 3.42. The molecule has 0 radical (unpaired) electrons. The fraction of sp³-hybridized carbons (Fsp3) is 1.00. The topological polar surface area (TPSA) is 57.0 Å². The second-order valence-electron chi connectivity index (χ2n) is 5.85. The monoisotopic (exact) mass is 288 g/mol. The molecule has 5 heteroatoms. The van der Waals surface area contributed by atoms with E-state index < -0.39 is 0 Å². The second kappa shape index (κ2) is 8.95. The van der Waals surface area contributed by atoms with Gasteiger partial charge in [-0.15, -0.1) is 0 Å². The molecule has 1 atom stereocenters. The van der Waals surface area contributed by atoms with Crippen molar-refractivity contribution in [2.24, 2.45) is 5.73 Å². The van der Waals surface area contributed by atoms with Gasteiger partial charge in [-0.3, -0.25) is 4.90 Å². The maximum Gasteiger partial charge on any atom is 0.0615 e. The number of ether oxygens (including phenoxy) is 3. The summed E-state index contributed by atoms with van der Waals surface area (Å²) in [7, 11) is 5.30. The summed E-state index contributed by atoms with van der Waals surface area (Å²) < 4.78 is 16.1. The van der Waals surface area contributed by atoms with Crippen molar-refractivity contribution in [2.45, 2.75) is 50.3 Å². The van der Waals surface area contributed by atoms with Gasteiger partial charge in [0, 0.05) is 46.0 Å². The number of hydrogen-bond acceptors (Lipinski definition) is 5. The molecule has 0 amide bonds. The van der Waals surface area contributed by atoms with Gasteiger partial charge >= 0.3 is 0 Å². The van der Waals surface area contributed by atoms with Gasteiger partial charge in [-0.1, -0.05) is 0 Å². The molecule has 1 saturated carbocycles. The summed E-state index contributed by atoms with van der Waals surface area (Å²) in [5.41, 5.74) is 6.23. The van der Waals surface area contributed by atoms with Crippen LogP contribution in [-0.4, -0.2) is 70.2 Å². The lowest BCUT2D eigenvalue weighted by molar-refractivity contribution is -0.0458. The maximum absolute atomic E-state index is 6.17. The zero-order valence-corrected chi connectivity index (χ0v) is 13.6. The fourth-order valence-electron chi connectivity index (χ4n) is 3.42. The second-order valence-corrected chi connectivity index (χ2v) is 5.85. The normalized spacial score (nSPS) is 28.8. The number of rotatable bonds is 9. The molecular weight excluding hydrogens is 256 g/mol. The van der Waals surface area contributed by atoms with Gasteiger partial charge in [0.2, 0.25) is 0 Å². The van der Waals surface area contributed by atoms with Crippen LogP contribution in [-0.2, 0) is 14.2 Å². The van der Waals surface area contributed by atoms with Crippen LogP contribution in [0.1, 0.15) is 32.6 Å². The summed E-state index contributed by atoms with van der Waals surface area (Å²) in [6.07, 6.45) is 4.71. The average Bonchev–Trinajstić information content (AvgIpc) is 2.48. The van der Waals surface area contributed by atoms with Crippen LogP contribution < -0.4 is 5.73 Å². The van der Waals surface area contributed by atoms with Gasteiger partial charge in [0.15, 0.2) is 0 Å². The minimum absolute atomic E-state index is 0.0610. The molecule has 20 heavy (non-hydrogen) atoms. The smallest absolute Gasteiger partial charge is 0.0615 e. The Morgan fingerprint density at radius 1 is 1.20 bits per heavy atom. The molecule has 5 nitrogen and oxygen atoms in total. The third kappa shape index (κ3) is 4.40. The largest absolute Gasteiger partial charge is 0.383 e. The molecule has 1 rings (SSSR count). The molecule has 2 N–H and O–H groups in total. The first-order chi connectivity index (χ1) is 9.63. The first-order valence-electron chi connectivity index (χ1n) is 7.61. The van der Waals surface area contributed by atoms with Crippen molar-refractivity contribution < 1.29 is 14.2 Å². The number of hydrogen-bond donors (Lipinski definition) is 1. The Labute approximate surface area is 123 Å². The van der Waals surface area contributed by atoms with E-state index in [1.54, 1.807) is 21.3 Å². The summed E-state index contributed by atoms with van der Waals surface area (Å²) in [5.74, 6) is 0. The lowest BCUT2D eigenvalue weighted by atomic mass is 9.78. The molecule has 0 aromatic heterocycles. The van der Waals surface area contributed by atoms with Crippen molar-refractivity contribution in [1.82, 2.24) is 4.90 Å². The highest BCUT2D eigenvalue weighted by Crippen LogP contribution is 2.35. The van der Waals surface area contributed by atoms with Crippen molar-refractivity contribution >= 4 is 0 Å². The lowest BCUT2D eigenvalue weighted by Crippen LogP contribution is -2.60. The van der Waals surface area contributed by atoms with Crippen LogP contribution >= 0.6 is 0 Å².